The summed E-state index contributed by atoms with van der Waals surface area (Å²) >= 11 is 0. The van der Waals surface area contributed by atoms with Gasteiger partial charge in [-0.2, -0.15) is 0 Å². The van der Waals surface area contributed by atoms with Crippen molar-refractivity contribution in [1.82, 2.24) is 0 Å². The molecule has 0 saturated carbocycles. The highest BCUT2D eigenvalue weighted by atomic mass is 16.5. The van der Waals surface area contributed by atoms with E-state index >= 15 is 0 Å². The van der Waals surface area contributed by atoms with Gasteiger partial charge in [-0.1, -0.05) is 60.2 Å². The van der Waals surface area contributed by atoms with Gasteiger partial charge in [-0.15, -0.1) is 0 Å². The molecular weight excluding hydrogens is 456 g/mol. The Bertz CT molecular complexity index is 1390. The average molecular weight is 483 g/mol. The van der Waals surface area contributed by atoms with Crippen LogP contribution >= 0.6 is 0 Å². The van der Waals surface area contributed by atoms with Crippen LogP contribution in [0.2, 0.25) is 0 Å². The number of allylic oxidation sites excluding steroid dienone is 2. The number of carbonyl (C=O) groups is 3. The molecule has 0 saturated heterocycles. The first kappa shape index (κ1) is 24.7. The summed E-state index contributed by atoms with van der Waals surface area (Å²) in [5.41, 5.74) is 3.22. The van der Waals surface area contributed by atoms with Crippen LogP contribution in [0.3, 0.4) is 0 Å². The molecule has 0 aromatic heterocycles. The lowest BCUT2D eigenvalue weighted by atomic mass is 9.85. The molecule has 3 aromatic rings. The molecule has 4 rings (SSSR count). The average Bonchev–Trinajstić information content (AvgIpc) is 2.84. The summed E-state index contributed by atoms with van der Waals surface area (Å²) < 4.78 is 5.75. The van der Waals surface area contributed by atoms with Crippen molar-refractivity contribution in [2.75, 3.05) is 0 Å². The molecule has 2 N–H and O–H groups in total. The Hall–Kier alpha value is -4.45. The van der Waals surface area contributed by atoms with Crippen molar-refractivity contribution in [2.24, 2.45) is 0 Å². The summed E-state index contributed by atoms with van der Waals surface area (Å²) in [6.45, 7) is 3.68. The normalized spacial score (nSPS) is 13.4. The maximum atomic E-state index is 13.1. The van der Waals surface area contributed by atoms with Gasteiger partial charge >= 0.3 is 5.97 Å². The second-order valence-corrected chi connectivity index (χ2v) is 8.89. The van der Waals surface area contributed by atoms with Gasteiger partial charge in [0.15, 0.2) is 11.6 Å². The number of aromatic hydroxyl groups is 2. The topological polar surface area (TPSA) is 101 Å². The number of phenols is 2. The number of rotatable bonds is 7. The van der Waals surface area contributed by atoms with Gasteiger partial charge in [-0.25, -0.2) is 0 Å². The number of carbonyl (C=O) groups excluding carboxylic acids is 3. The van der Waals surface area contributed by atoms with E-state index in [2.05, 4.69) is 0 Å². The van der Waals surface area contributed by atoms with E-state index in [1.54, 1.807) is 6.08 Å². The van der Waals surface area contributed by atoms with Gasteiger partial charge in [-0.3, -0.25) is 14.4 Å². The summed E-state index contributed by atoms with van der Waals surface area (Å²) in [5.74, 6) is -2.42. The molecule has 3 aromatic carbocycles. The lowest BCUT2D eigenvalue weighted by Gasteiger charge is -2.21. The molecule has 0 aliphatic heterocycles. The fourth-order valence-corrected chi connectivity index (χ4v) is 4.33. The highest BCUT2D eigenvalue weighted by Gasteiger charge is 2.32. The minimum absolute atomic E-state index is 0.0294. The van der Waals surface area contributed by atoms with Gasteiger partial charge in [-0.05, 0) is 54.8 Å². The number of esters is 1. The van der Waals surface area contributed by atoms with Gasteiger partial charge in [0, 0.05) is 12.0 Å². The number of fused-ring (bicyclic) bond motifs is 1. The van der Waals surface area contributed by atoms with Crippen LogP contribution in [-0.2, 0) is 16.0 Å². The quantitative estimate of drug-likeness (QED) is 0.259. The maximum absolute atomic E-state index is 13.1. The number of ketones is 2. The van der Waals surface area contributed by atoms with Crippen molar-refractivity contribution in [1.29, 1.82) is 0 Å². The van der Waals surface area contributed by atoms with Gasteiger partial charge in [0.05, 0.1) is 17.5 Å². The van der Waals surface area contributed by atoms with Crippen molar-refractivity contribution in [3.05, 3.63) is 107 Å². The molecular formula is C30H26O6. The molecule has 36 heavy (non-hydrogen) atoms. The zero-order valence-corrected chi connectivity index (χ0v) is 20.0. The number of ether oxygens (including phenoxy) is 1. The highest BCUT2D eigenvalue weighted by Crippen LogP contribution is 2.36. The van der Waals surface area contributed by atoms with Crippen molar-refractivity contribution in [3.8, 4) is 22.6 Å². The lowest BCUT2D eigenvalue weighted by Crippen LogP contribution is -2.24. The molecule has 0 spiro atoms. The Morgan fingerprint density at radius 1 is 0.889 bits per heavy atom. The van der Waals surface area contributed by atoms with E-state index < -0.39 is 23.6 Å². The van der Waals surface area contributed by atoms with E-state index in [0.717, 1.165) is 28.3 Å². The van der Waals surface area contributed by atoms with Crippen LogP contribution in [-0.4, -0.2) is 33.9 Å². The van der Waals surface area contributed by atoms with Gasteiger partial charge < -0.3 is 14.9 Å². The Kier molecular flexibility index (Phi) is 7.15. The number of benzene rings is 3. The van der Waals surface area contributed by atoms with E-state index in [9.17, 15) is 24.6 Å². The first-order valence-corrected chi connectivity index (χ1v) is 11.6. The Balaban J connectivity index is 1.56. The molecule has 1 atom stereocenters. The first-order valence-electron chi connectivity index (χ1n) is 11.6. The van der Waals surface area contributed by atoms with E-state index in [-0.39, 0.29) is 41.0 Å². The molecule has 0 heterocycles. The van der Waals surface area contributed by atoms with E-state index in [1.165, 1.54) is 12.1 Å². The van der Waals surface area contributed by atoms with Crippen LogP contribution in [0.25, 0.3) is 11.1 Å². The third kappa shape index (κ3) is 5.28. The molecule has 0 bridgehead atoms. The van der Waals surface area contributed by atoms with Gasteiger partial charge in [0.25, 0.3) is 0 Å². The summed E-state index contributed by atoms with van der Waals surface area (Å²) in [6, 6.07) is 19.7. The molecule has 0 fully saturated rings. The third-order valence-electron chi connectivity index (χ3n) is 5.89. The minimum Gasteiger partial charge on any atom is -0.507 e. The SMILES string of the molecule is CC(C)=CC(CC1=CC(=O)c2c(O)ccc(O)c2C1=O)OC(=O)Cc1ccccc1-c1ccccc1. The lowest BCUT2D eigenvalue weighted by molar-refractivity contribution is -0.146. The van der Waals surface area contributed by atoms with E-state index in [0.29, 0.717) is 0 Å². The predicted molar refractivity (Wildman–Crippen MR) is 136 cm³/mol. The largest absolute Gasteiger partial charge is 0.507 e. The number of hydrogen-bond donors (Lipinski definition) is 2. The zero-order chi connectivity index (χ0) is 25.8. The second-order valence-electron chi connectivity index (χ2n) is 8.89. The molecule has 6 heteroatoms. The summed E-state index contributed by atoms with van der Waals surface area (Å²) in [6.07, 6.45) is 2.04. The van der Waals surface area contributed by atoms with E-state index in [1.807, 2.05) is 68.4 Å². The standard InChI is InChI=1S/C30H26O6/c1-18(2)14-22(15-21-16-26(33)28-24(31)12-13-25(32)29(28)30(21)35)36-27(34)17-20-10-6-7-11-23(20)19-8-4-3-5-9-19/h3-14,16,22,31-32H,15,17H2,1-2H3. The Morgan fingerprint density at radius 2 is 1.53 bits per heavy atom. The van der Waals surface area contributed by atoms with Gasteiger partial charge in [0.2, 0.25) is 0 Å². The molecule has 1 aliphatic carbocycles. The maximum Gasteiger partial charge on any atom is 0.310 e. The van der Waals surface area contributed by atoms with E-state index in [4.69, 9.17) is 4.74 Å². The number of hydrogen-bond acceptors (Lipinski definition) is 6. The fourth-order valence-electron chi connectivity index (χ4n) is 4.33. The Morgan fingerprint density at radius 3 is 2.22 bits per heavy atom. The van der Waals surface area contributed by atoms with Crippen LogP contribution in [0.5, 0.6) is 11.5 Å². The number of phenolic OH excluding ortho intramolecular Hbond substituents is 2. The van der Waals surface area contributed by atoms with Crippen LogP contribution < -0.4 is 0 Å². The monoisotopic (exact) mass is 482 g/mol. The summed E-state index contributed by atoms with van der Waals surface area (Å²) in [4.78, 5) is 38.7. The molecule has 0 radical (unpaired) electrons. The fraction of sp³-hybridized carbons (Fsp3) is 0.167. The molecule has 182 valence electrons. The zero-order valence-electron chi connectivity index (χ0n) is 20.0. The second kappa shape index (κ2) is 10.4. The summed E-state index contributed by atoms with van der Waals surface area (Å²) in [7, 11) is 0. The predicted octanol–water partition coefficient (Wildman–Crippen LogP) is 5.58. The highest BCUT2D eigenvalue weighted by molar-refractivity contribution is 6.26. The molecule has 0 amide bonds. The minimum atomic E-state index is -0.796. The molecule has 1 aliphatic rings. The van der Waals surface area contributed by atoms with Crippen LogP contribution in [0.1, 0.15) is 46.5 Å². The smallest absolute Gasteiger partial charge is 0.310 e. The summed E-state index contributed by atoms with van der Waals surface area (Å²) in [5, 5.41) is 20.2. The van der Waals surface area contributed by atoms with Crippen molar-refractivity contribution in [2.45, 2.75) is 32.8 Å². The molecule has 6 nitrogen and oxygen atoms in total. The van der Waals surface area contributed by atoms with Crippen molar-refractivity contribution >= 4 is 17.5 Å². The van der Waals surface area contributed by atoms with Crippen LogP contribution in [0.15, 0.2) is 90.0 Å². The Labute approximate surface area is 209 Å². The van der Waals surface area contributed by atoms with Gasteiger partial charge in [0.1, 0.15) is 17.6 Å². The van der Waals surface area contributed by atoms with Crippen molar-refractivity contribution < 1.29 is 29.3 Å². The van der Waals surface area contributed by atoms with Crippen molar-refractivity contribution in [3.63, 3.8) is 0 Å². The molecule has 1 unspecified atom stereocenters. The third-order valence-corrected chi connectivity index (χ3v) is 5.89. The van der Waals surface area contributed by atoms with Crippen LogP contribution in [0, 0.1) is 0 Å². The van der Waals surface area contributed by atoms with Crippen LogP contribution in [0.4, 0.5) is 0 Å². The first-order chi connectivity index (χ1) is 17.2. The number of Topliss-reactive ketones (excluding diaryl/α,β-unsaturated/α-hetero) is 1.